The number of carbonyl (C=O) groups is 1. The van der Waals surface area contributed by atoms with E-state index in [0.29, 0.717) is 37.8 Å². The van der Waals surface area contributed by atoms with Crippen LogP contribution in [-0.4, -0.2) is 51.9 Å². The number of morpholine rings is 1. The standard InChI is InChI=1S/C22H22N6O3/c1-13-19-20(15(10-23)21(24)31-22(19)26-25-13)16-11-28(17-5-3-2-4-14(16)17)12-18(29)27-6-8-30-9-7-27/h2-5,11,20H,6-9,12,24H2,1H3,(H,25,26). The Kier molecular flexibility index (Phi) is 4.64. The van der Waals surface area contributed by atoms with Gasteiger partial charge in [-0.25, -0.2) is 0 Å². The Balaban J connectivity index is 1.62. The number of nitrogens with one attached hydrogen (secondary N) is 1. The average molecular weight is 418 g/mol. The highest BCUT2D eigenvalue weighted by atomic mass is 16.5. The van der Waals surface area contributed by atoms with Gasteiger partial charge in [-0.1, -0.05) is 18.2 Å². The first-order valence-electron chi connectivity index (χ1n) is 10.1. The molecule has 31 heavy (non-hydrogen) atoms. The molecule has 9 nitrogen and oxygen atoms in total. The number of nitrogens with zero attached hydrogens (tertiary/aromatic N) is 4. The fourth-order valence-corrected chi connectivity index (χ4v) is 4.40. The summed E-state index contributed by atoms with van der Waals surface area (Å²) in [5.41, 5.74) is 9.81. The molecule has 0 spiro atoms. The van der Waals surface area contributed by atoms with Gasteiger partial charge in [0.1, 0.15) is 18.2 Å². The predicted molar refractivity (Wildman–Crippen MR) is 112 cm³/mol. The van der Waals surface area contributed by atoms with Crippen molar-refractivity contribution in [2.75, 3.05) is 26.3 Å². The van der Waals surface area contributed by atoms with Gasteiger partial charge in [-0.05, 0) is 18.6 Å². The Hall–Kier alpha value is -3.77. The van der Waals surface area contributed by atoms with Crippen LogP contribution in [0.2, 0.25) is 0 Å². The molecule has 3 N–H and O–H groups in total. The highest BCUT2D eigenvalue weighted by Crippen LogP contribution is 2.45. The summed E-state index contributed by atoms with van der Waals surface area (Å²) in [4.78, 5) is 14.7. The number of nitrogens with two attached hydrogens (primary N) is 1. The smallest absolute Gasteiger partial charge is 0.244 e. The van der Waals surface area contributed by atoms with Gasteiger partial charge >= 0.3 is 0 Å². The molecule has 3 aromatic rings. The monoisotopic (exact) mass is 418 g/mol. The van der Waals surface area contributed by atoms with Crippen LogP contribution >= 0.6 is 0 Å². The van der Waals surface area contributed by atoms with Gasteiger partial charge in [-0.2, -0.15) is 5.26 Å². The van der Waals surface area contributed by atoms with Crippen LogP contribution in [0, 0.1) is 18.3 Å². The maximum absolute atomic E-state index is 12.9. The first-order chi connectivity index (χ1) is 15.1. The van der Waals surface area contributed by atoms with E-state index in [1.54, 1.807) is 0 Å². The van der Waals surface area contributed by atoms with E-state index >= 15 is 0 Å². The fraction of sp³-hybridized carbons (Fsp3) is 0.318. The van der Waals surface area contributed by atoms with E-state index in [1.807, 2.05) is 46.9 Å². The number of H-pyrrole nitrogens is 1. The molecule has 2 aromatic heterocycles. The largest absolute Gasteiger partial charge is 0.420 e. The maximum Gasteiger partial charge on any atom is 0.244 e. The van der Waals surface area contributed by atoms with Gasteiger partial charge in [0, 0.05) is 41.4 Å². The number of allylic oxidation sites excluding steroid dienone is 1. The number of para-hydroxylation sites is 1. The lowest BCUT2D eigenvalue weighted by Gasteiger charge is -2.27. The molecule has 1 saturated heterocycles. The number of amides is 1. The van der Waals surface area contributed by atoms with Crippen molar-refractivity contribution in [2.24, 2.45) is 5.73 Å². The van der Waals surface area contributed by atoms with E-state index in [2.05, 4.69) is 16.3 Å². The molecule has 5 rings (SSSR count). The first-order valence-corrected chi connectivity index (χ1v) is 10.1. The van der Waals surface area contributed by atoms with Gasteiger partial charge in [0.05, 0.1) is 19.1 Å². The molecule has 9 heteroatoms. The van der Waals surface area contributed by atoms with Crippen LogP contribution in [0.15, 0.2) is 41.9 Å². The van der Waals surface area contributed by atoms with Crippen LogP contribution < -0.4 is 10.5 Å². The molecule has 1 amide bonds. The highest BCUT2D eigenvalue weighted by Gasteiger charge is 2.36. The number of rotatable bonds is 3. The molecule has 0 aliphatic carbocycles. The lowest BCUT2D eigenvalue weighted by atomic mass is 9.84. The molecule has 2 aliphatic rings. The summed E-state index contributed by atoms with van der Waals surface area (Å²) in [5, 5.41) is 17.9. The third kappa shape index (κ3) is 3.12. The minimum atomic E-state index is -0.433. The summed E-state index contributed by atoms with van der Waals surface area (Å²) in [6, 6.07) is 10.1. The first kappa shape index (κ1) is 19.2. The number of aromatic amines is 1. The van der Waals surface area contributed by atoms with Crippen molar-refractivity contribution in [3.63, 3.8) is 0 Å². The number of aryl methyl sites for hydroxylation is 1. The van der Waals surface area contributed by atoms with Gasteiger partial charge in [0.25, 0.3) is 0 Å². The molecule has 4 heterocycles. The van der Waals surface area contributed by atoms with Gasteiger partial charge in [-0.3, -0.25) is 9.89 Å². The number of nitriles is 1. The van der Waals surface area contributed by atoms with Crippen molar-refractivity contribution in [3.05, 3.63) is 58.7 Å². The second-order valence-electron chi connectivity index (χ2n) is 7.71. The molecule has 1 atom stereocenters. The SMILES string of the molecule is Cc1[nH]nc2c1C(c1cn(CC(=O)N3CCOCC3)c3ccccc13)C(C#N)=C(N)O2. The molecule has 1 aromatic carbocycles. The van der Waals surface area contributed by atoms with Crippen LogP contribution in [0.3, 0.4) is 0 Å². The number of aromatic nitrogens is 3. The number of hydrogen-bond donors (Lipinski definition) is 2. The van der Waals surface area contributed by atoms with Gasteiger partial charge < -0.3 is 24.7 Å². The number of carbonyl (C=O) groups excluding carboxylic acids is 1. The zero-order chi connectivity index (χ0) is 21.5. The normalized spacial score (nSPS) is 18.6. The van der Waals surface area contributed by atoms with Crippen LogP contribution in [0.1, 0.15) is 22.7 Å². The predicted octanol–water partition coefficient (Wildman–Crippen LogP) is 1.75. The summed E-state index contributed by atoms with van der Waals surface area (Å²) in [6.45, 7) is 4.41. The summed E-state index contributed by atoms with van der Waals surface area (Å²) < 4.78 is 12.9. The Morgan fingerprint density at radius 2 is 2.13 bits per heavy atom. The Morgan fingerprint density at radius 3 is 2.90 bits per heavy atom. The Morgan fingerprint density at radius 1 is 1.35 bits per heavy atom. The molecule has 0 radical (unpaired) electrons. The quantitative estimate of drug-likeness (QED) is 0.668. The molecule has 1 fully saturated rings. The maximum atomic E-state index is 12.9. The average Bonchev–Trinajstić information content (AvgIpc) is 3.34. The van der Waals surface area contributed by atoms with Gasteiger partial charge in [-0.15, -0.1) is 5.10 Å². The zero-order valence-corrected chi connectivity index (χ0v) is 17.1. The molecular weight excluding hydrogens is 396 g/mol. The lowest BCUT2D eigenvalue weighted by Crippen LogP contribution is -2.42. The van der Waals surface area contributed by atoms with Gasteiger partial charge in [0.15, 0.2) is 0 Å². The minimum absolute atomic E-state index is 0.0401. The third-order valence-electron chi connectivity index (χ3n) is 5.93. The van der Waals surface area contributed by atoms with Crippen molar-refractivity contribution in [1.82, 2.24) is 19.7 Å². The van der Waals surface area contributed by atoms with Crippen molar-refractivity contribution in [3.8, 4) is 11.9 Å². The second-order valence-corrected chi connectivity index (χ2v) is 7.71. The van der Waals surface area contributed by atoms with E-state index in [0.717, 1.165) is 27.7 Å². The molecule has 0 bridgehead atoms. The van der Waals surface area contributed by atoms with Crippen LogP contribution in [0.4, 0.5) is 0 Å². The van der Waals surface area contributed by atoms with Crippen molar-refractivity contribution in [1.29, 1.82) is 5.26 Å². The van der Waals surface area contributed by atoms with E-state index in [1.165, 1.54) is 0 Å². The Bertz CT molecular complexity index is 1240. The topological polar surface area (TPSA) is 122 Å². The minimum Gasteiger partial charge on any atom is -0.420 e. The molecule has 0 saturated carbocycles. The van der Waals surface area contributed by atoms with Crippen molar-refractivity contribution in [2.45, 2.75) is 19.4 Å². The summed E-state index contributed by atoms with van der Waals surface area (Å²) in [6.07, 6.45) is 1.94. The van der Waals surface area contributed by atoms with E-state index < -0.39 is 5.92 Å². The van der Waals surface area contributed by atoms with Crippen molar-refractivity contribution >= 4 is 16.8 Å². The fourth-order valence-electron chi connectivity index (χ4n) is 4.40. The number of ether oxygens (including phenoxy) is 2. The number of benzene rings is 1. The van der Waals surface area contributed by atoms with Crippen LogP contribution in [0.5, 0.6) is 5.88 Å². The molecule has 158 valence electrons. The zero-order valence-electron chi connectivity index (χ0n) is 17.1. The third-order valence-corrected chi connectivity index (χ3v) is 5.93. The number of hydrogen-bond acceptors (Lipinski definition) is 6. The second kappa shape index (κ2) is 7.49. The van der Waals surface area contributed by atoms with E-state index in [9.17, 15) is 10.1 Å². The molecule has 1 unspecified atom stereocenters. The van der Waals surface area contributed by atoms with Crippen LogP contribution in [0.25, 0.3) is 10.9 Å². The summed E-state index contributed by atoms with van der Waals surface area (Å²) in [5.74, 6) is 0.0309. The summed E-state index contributed by atoms with van der Waals surface area (Å²) in [7, 11) is 0. The summed E-state index contributed by atoms with van der Waals surface area (Å²) >= 11 is 0. The van der Waals surface area contributed by atoms with E-state index in [4.69, 9.17) is 15.2 Å². The van der Waals surface area contributed by atoms with Crippen LogP contribution in [-0.2, 0) is 16.1 Å². The number of fused-ring (bicyclic) bond motifs is 2. The highest BCUT2D eigenvalue weighted by molar-refractivity contribution is 5.88. The Labute approximate surface area is 178 Å². The van der Waals surface area contributed by atoms with Crippen molar-refractivity contribution < 1.29 is 14.3 Å². The van der Waals surface area contributed by atoms with Gasteiger partial charge in [0.2, 0.25) is 17.7 Å². The molecule has 2 aliphatic heterocycles. The lowest BCUT2D eigenvalue weighted by molar-refractivity contribution is -0.135. The van der Waals surface area contributed by atoms with E-state index in [-0.39, 0.29) is 18.3 Å². The molecular formula is C22H22N6O3.